The van der Waals surface area contributed by atoms with Crippen molar-refractivity contribution in [3.8, 4) is 0 Å². The minimum absolute atomic E-state index is 0.0996. The minimum Gasteiger partial charge on any atom is -0.352 e. The molecular formula is C28H38ClN3O4S. The quantitative estimate of drug-likeness (QED) is 0.430. The van der Waals surface area contributed by atoms with E-state index >= 15 is 0 Å². The molecule has 37 heavy (non-hydrogen) atoms. The first kappa shape index (κ1) is 29.0. The van der Waals surface area contributed by atoms with Gasteiger partial charge in [-0.2, -0.15) is 0 Å². The summed E-state index contributed by atoms with van der Waals surface area (Å²) in [4.78, 5) is 28.1. The molecule has 0 radical (unpaired) electrons. The normalized spacial score (nSPS) is 14.8. The highest BCUT2D eigenvalue weighted by molar-refractivity contribution is 7.92. The van der Waals surface area contributed by atoms with E-state index in [1.165, 1.54) is 10.6 Å². The smallest absolute Gasteiger partial charge is 0.242 e. The van der Waals surface area contributed by atoms with Gasteiger partial charge in [0, 0.05) is 30.6 Å². The molecule has 7 nitrogen and oxygen atoms in total. The summed E-state index contributed by atoms with van der Waals surface area (Å²) in [5.74, 6) is -0.399. The SMILES string of the molecule is Cc1cccc(N(CCCC(=O)N(Cc2ccccc2Cl)[C@H](C)C(=O)NC2CCCC2)S(C)(=O)=O)c1C. The van der Waals surface area contributed by atoms with Crippen molar-refractivity contribution in [2.24, 2.45) is 0 Å². The molecule has 0 heterocycles. The number of carbonyl (C=O) groups excluding carboxylic acids is 2. The summed E-state index contributed by atoms with van der Waals surface area (Å²) in [5, 5.41) is 3.62. The molecule has 0 spiro atoms. The molecule has 0 bridgehead atoms. The molecule has 1 saturated carbocycles. The predicted molar refractivity (Wildman–Crippen MR) is 149 cm³/mol. The van der Waals surface area contributed by atoms with Crippen LogP contribution in [0, 0.1) is 13.8 Å². The summed E-state index contributed by atoms with van der Waals surface area (Å²) in [6, 6.07) is 12.3. The summed E-state index contributed by atoms with van der Waals surface area (Å²) < 4.78 is 26.6. The Kier molecular flexibility index (Phi) is 10.0. The third-order valence-electron chi connectivity index (χ3n) is 7.16. The first-order valence-electron chi connectivity index (χ1n) is 12.9. The second kappa shape index (κ2) is 12.8. The van der Waals surface area contributed by atoms with Crippen LogP contribution >= 0.6 is 11.6 Å². The fraction of sp³-hybridized carbons (Fsp3) is 0.500. The molecule has 1 aliphatic rings. The Labute approximate surface area is 226 Å². The van der Waals surface area contributed by atoms with Gasteiger partial charge in [-0.3, -0.25) is 13.9 Å². The van der Waals surface area contributed by atoms with E-state index in [2.05, 4.69) is 5.32 Å². The lowest BCUT2D eigenvalue weighted by atomic mass is 10.1. The van der Waals surface area contributed by atoms with Crippen molar-refractivity contribution in [3.05, 3.63) is 64.2 Å². The molecule has 1 fully saturated rings. The van der Waals surface area contributed by atoms with Gasteiger partial charge in [-0.15, -0.1) is 0 Å². The maximum atomic E-state index is 13.5. The average molecular weight is 548 g/mol. The van der Waals surface area contributed by atoms with E-state index in [0.717, 1.165) is 42.4 Å². The number of nitrogens with zero attached hydrogens (tertiary/aromatic N) is 2. The Morgan fingerprint density at radius 3 is 2.41 bits per heavy atom. The molecule has 0 saturated heterocycles. The number of carbonyl (C=O) groups is 2. The Bertz CT molecular complexity index is 1210. The number of hydrogen-bond acceptors (Lipinski definition) is 4. The number of amides is 2. The van der Waals surface area contributed by atoms with Gasteiger partial charge in [-0.05, 0) is 68.9 Å². The molecule has 2 amide bonds. The average Bonchev–Trinajstić information content (AvgIpc) is 3.35. The Hall–Kier alpha value is -2.58. The van der Waals surface area contributed by atoms with Crippen molar-refractivity contribution in [2.75, 3.05) is 17.1 Å². The molecule has 0 aromatic heterocycles. The summed E-state index contributed by atoms with van der Waals surface area (Å²) in [6.07, 6.45) is 5.69. The summed E-state index contributed by atoms with van der Waals surface area (Å²) in [7, 11) is -3.55. The van der Waals surface area contributed by atoms with Crippen LogP contribution in [0.5, 0.6) is 0 Å². The van der Waals surface area contributed by atoms with Gasteiger partial charge in [0.1, 0.15) is 6.04 Å². The minimum atomic E-state index is -3.55. The van der Waals surface area contributed by atoms with Gasteiger partial charge in [0.2, 0.25) is 21.8 Å². The zero-order chi connectivity index (χ0) is 27.2. The molecule has 9 heteroatoms. The van der Waals surface area contributed by atoms with Gasteiger partial charge < -0.3 is 10.2 Å². The van der Waals surface area contributed by atoms with E-state index < -0.39 is 16.1 Å². The Balaban J connectivity index is 1.75. The van der Waals surface area contributed by atoms with E-state index in [0.29, 0.717) is 17.1 Å². The molecule has 1 aliphatic carbocycles. The van der Waals surface area contributed by atoms with Crippen molar-refractivity contribution in [3.63, 3.8) is 0 Å². The number of halogens is 1. The second-order valence-electron chi connectivity index (χ2n) is 9.94. The van der Waals surface area contributed by atoms with Crippen LogP contribution in [0.1, 0.15) is 62.1 Å². The van der Waals surface area contributed by atoms with Gasteiger partial charge in [0.05, 0.1) is 11.9 Å². The fourth-order valence-corrected chi connectivity index (χ4v) is 5.98. The van der Waals surface area contributed by atoms with Crippen molar-refractivity contribution >= 4 is 39.1 Å². The van der Waals surface area contributed by atoms with Crippen LogP contribution in [0.3, 0.4) is 0 Å². The van der Waals surface area contributed by atoms with Crippen LogP contribution in [0.25, 0.3) is 0 Å². The third kappa shape index (κ3) is 7.71. The van der Waals surface area contributed by atoms with Gasteiger partial charge in [-0.1, -0.05) is 54.8 Å². The fourth-order valence-electron chi connectivity index (χ4n) is 4.77. The topological polar surface area (TPSA) is 86.8 Å². The van der Waals surface area contributed by atoms with Crippen LogP contribution in [0.15, 0.2) is 42.5 Å². The molecular weight excluding hydrogens is 510 g/mol. The number of benzene rings is 2. The molecule has 0 unspecified atom stereocenters. The summed E-state index contributed by atoms with van der Waals surface area (Å²) in [6.45, 7) is 5.93. The van der Waals surface area contributed by atoms with Gasteiger partial charge in [0.25, 0.3) is 0 Å². The van der Waals surface area contributed by atoms with Crippen molar-refractivity contribution < 1.29 is 18.0 Å². The highest BCUT2D eigenvalue weighted by Gasteiger charge is 2.29. The van der Waals surface area contributed by atoms with Crippen LogP contribution in [-0.2, 0) is 26.2 Å². The van der Waals surface area contributed by atoms with Gasteiger partial charge in [-0.25, -0.2) is 8.42 Å². The lowest BCUT2D eigenvalue weighted by molar-refractivity contribution is -0.140. The third-order valence-corrected chi connectivity index (χ3v) is 8.71. The van der Waals surface area contributed by atoms with E-state index in [1.54, 1.807) is 24.0 Å². The zero-order valence-electron chi connectivity index (χ0n) is 22.2. The first-order chi connectivity index (χ1) is 17.5. The Morgan fingerprint density at radius 2 is 1.76 bits per heavy atom. The molecule has 3 rings (SSSR count). The maximum absolute atomic E-state index is 13.5. The molecule has 2 aromatic rings. The number of rotatable bonds is 11. The van der Waals surface area contributed by atoms with E-state index in [9.17, 15) is 18.0 Å². The highest BCUT2D eigenvalue weighted by atomic mass is 35.5. The first-order valence-corrected chi connectivity index (χ1v) is 15.1. The van der Waals surface area contributed by atoms with Gasteiger partial charge >= 0.3 is 0 Å². The number of anilines is 1. The zero-order valence-corrected chi connectivity index (χ0v) is 23.7. The number of aryl methyl sites for hydroxylation is 1. The van der Waals surface area contributed by atoms with E-state index in [-0.39, 0.29) is 37.4 Å². The van der Waals surface area contributed by atoms with Gasteiger partial charge in [0.15, 0.2) is 0 Å². The molecule has 1 N–H and O–H groups in total. The lowest BCUT2D eigenvalue weighted by Gasteiger charge is -2.30. The monoisotopic (exact) mass is 547 g/mol. The number of sulfonamides is 1. The Morgan fingerprint density at radius 1 is 1.08 bits per heavy atom. The predicted octanol–water partition coefficient (Wildman–Crippen LogP) is 4.98. The lowest BCUT2D eigenvalue weighted by Crippen LogP contribution is -2.49. The van der Waals surface area contributed by atoms with E-state index in [4.69, 9.17) is 11.6 Å². The van der Waals surface area contributed by atoms with E-state index in [1.807, 2.05) is 44.2 Å². The largest absolute Gasteiger partial charge is 0.352 e. The summed E-state index contributed by atoms with van der Waals surface area (Å²) in [5.41, 5.74) is 3.26. The van der Waals surface area contributed by atoms with Crippen LogP contribution in [0.4, 0.5) is 5.69 Å². The number of nitrogens with one attached hydrogen (secondary N) is 1. The van der Waals surface area contributed by atoms with Crippen LogP contribution in [-0.4, -0.2) is 50.0 Å². The second-order valence-corrected chi connectivity index (χ2v) is 12.3. The summed E-state index contributed by atoms with van der Waals surface area (Å²) >= 11 is 6.37. The van der Waals surface area contributed by atoms with Crippen molar-refractivity contribution in [2.45, 2.75) is 77.9 Å². The number of hydrogen-bond donors (Lipinski definition) is 1. The maximum Gasteiger partial charge on any atom is 0.242 e. The standard InChI is InChI=1S/C28H38ClN3O4S/c1-20-11-9-16-26(21(20)2)32(37(4,35)36)18-10-17-27(33)31(19-23-12-5-8-15-25(23)29)22(3)28(34)30-24-13-6-7-14-24/h5,8-9,11-12,15-16,22,24H,6-7,10,13-14,17-19H2,1-4H3,(H,30,34)/t22-/m1/s1. The molecule has 2 aromatic carbocycles. The molecule has 0 aliphatic heterocycles. The van der Waals surface area contributed by atoms with Crippen molar-refractivity contribution in [1.29, 1.82) is 0 Å². The molecule has 1 atom stereocenters. The highest BCUT2D eigenvalue weighted by Crippen LogP contribution is 2.26. The van der Waals surface area contributed by atoms with Crippen LogP contribution in [0.2, 0.25) is 5.02 Å². The van der Waals surface area contributed by atoms with Crippen molar-refractivity contribution in [1.82, 2.24) is 10.2 Å². The van der Waals surface area contributed by atoms with Crippen LogP contribution < -0.4 is 9.62 Å². The molecule has 202 valence electrons.